The summed E-state index contributed by atoms with van der Waals surface area (Å²) in [7, 11) is 0. The molecule has 1 aliphatic rings. The van der Waals surface area contributed by atoms with Crippen LogP contribution in [0.5, 0.6) is 0 Å². The van der Waals surface area contributed by atoms with Crippen LogP contribution in [0.25, 0.3) is 0 Å². The van der Waals surface area contributed by atoms with Crippen LogP contribution in [0.4, 0.5) is 0 Å². The van der Waals surface area contributed by atoms with Crippen LogP contribution in [0, 0.1) is 12.8 Å². The lowest BCUT2D eigenvalue weighted by Gasteiger charge is -2.36. The van der Waals surface area contributed by atoms with Crippen molar-refractivity contribution in [2.24, 2.45) is 5.92 Å². The first-order chi connectivity index (χ1) is 13.3. The van der Waals surface area contributed by atoms with Crippen LogP contribution in [0.2, 0.25) is 0 Å². The van der Waals surface area contributed by atoms with E-state index >= 15 is 0 Å². The van der Waals surface area contributed by atoms with Crippen LogP contribution in [0.15, 0.2) is 24.3 Å². The molecule has 1 aliphatic heterocycles. The number of amides is 2. The summed E-state index contributed by atoms with van der Waals surface area (Å²) in [6, 6.07) is 6.29. The fourth-order valence-corrected chi connectivity index (χ4v) is 3.04. The number of nitrogens with one attached hydrogen (secondary N) is 2. The van der Waals surface area contributed by atoms with Crippen LogP contribution in [-0.4, -0.2) is 53.5 Å². The highest BCUT2D eigenvalue weighted by atomic mass is 32.1. The number of esters is 1. The van der Waals surface area contributed by atoms with E-state index in [4.69, 9.17) is 17.0 Å². The summed E-state index contributed by atoms with van der Waals surface area (Å²) in [5, 5.41) is 5.51. The number of hydrogen-bond acceptors (Lipinski definition) is 5. The summed E-state index contributed by atoms with van der Waals surface area (Å²) < 4.78 is 5.22. The molecule has 0 aliphatic carbocycles. The number of ether oxygens (including phenoxy) is 1. The molecule has 1 aromatic carbocycles. The highest BCUT2D eigenvalue weighted by molar-refractivity contribution is 7.80. The topological polar surface area (TPSA) is 87.7 Å². The second kappa shape index (κ2) is 10.2. The second-order valence-corrected chi connectivity index (χ2v) is 7.62. The van der Waals surface area contributed by atoms with E-state index in [0.29, 0.717) is 31.2 Å². The minimum atomic E-state index is -0.800. The number of hydrogen-bond donors (Lipinski definition) is 2. The Hall–Kier alpha value is -2.48. The highest BCUT2D eigenvalue weighted by Gasteiger charge is 2.34. The van der Waals surface area contributed by atoms with Gasteiger partial charge < -0.3 is 15.0 Å². The lowest BCUT2D eigenvalue weighted by molar-refractivity contribution is -0.147. The number of thiocarbonyl (C=S) groups is 1. The summed E-state index contributed by atoms with van der Waals surface area (Å²) in [5.74, 6) is -0.694. The Morgan fingerprint density at radius 1 is 1.32 bits per heavy atom. The third kappa shape index (κ3) is 6.30. The van der Waals surface area contributed by atoms with Gasteiger partial charge in [-0.1, -0.05) is 31.5 Å². The molecule has 2 amide bonds. The number of carbonyl (C=O) groups is 3. The Morgan fingerprint density at radius 2 is 2.00 bits per heavy atom. The summed E-state index contributed by atoms with van der Waals surface area (Å²) in [6.45, 7) is 7.13. The van der Waals surface area contributed by atoms with Gasteiger partial charge in [0.15, 0.2) is 5.11 Å². The molecule has 0 radical (unpaired) electrons. The summed E-state index contributed by atoms with van der Waals surface area (Å²) in [4.78, 5) is 38.4. The molecule has 0 spiro atoms. The Balaban J connectivity index is 1.98. The minimum absolute atomic E-state index is 0.121. The molecule has 1 saturated heterocycles. The van der Waals surface area contributed by atoms with E-state index in [1.807, 2.05) is 32.9 Å². The maximum absolute atomic E-state index is 12.4. The molecular weight excluding hydrogens is 378 g/mol. The van der Waals surface area contributed by atoms with Crippen molar-refractivity contribution in [2.45, 2.75) is 39.7 Å². The Bertz CT molecular complexity index is 733. The molecule has 1 atom stereocenters. The molecule has 152 valence electrons. The van der Waals surface area contributed by atoms with Crippen molar-refractivity contribution in [1.29, 1.82) is 0 Å². The lowest BCUT2D eigenvalue weighted by atomic mass is 10.1. The maximum atomic E-state index is 12.4. The van der Waals surface area contributed by atoms with E-state index in [-0.39, 0.29) is 23.3 Å². The molecule has 1 aromatic rings. The van der Waals surface area contributed by atoms with Gasteiger partial charge in [0.05, 0.1) is 13.0 Å². The highest BCUT2D eigenvalue weighted by Crippen LogP contribution is 2.12. The van der Waals surface area contributed by atoms with Crippen molar-refractivity contribution < 1.29 is 19.1 Å². The SMILES string of the molecule is Cc1ccc(C(=O)NC(=S)N2CCNC(=O)C2CC(=O)OCCC(C)C)cc1. The number of nitrogens with zero attached hydrogens (tertiary/aromatic N) is 1. The van der Waals surface area contributed by atoms with E-state index in [1.54, 1.807) is 17.0 Å². The molecule has 2 N–H and O–H groups in total. The summed E-state index contributed by atoms with van der Waals surface area (Å²) >= 11 is 5.34. The fourth-order valence-electron chi connectivity index (χ4n) is 2.73. The summed E-state index contributed by atoms with van der Waals surface area (Å²) in [6.07, 6.45) is 0.641. The van der Waals surface area contributed by atoms with Gasteiger partial charge in [-0.2, -0.15) is 0 Å². The van der Waals surface area contributed by atoms with Gasteiger partial charge in [-0.05, 0) is 43.6 Å². The molecule has 8 heteroatoms. The monoisotopic (exact) mass is 405 g/mol. The van der Waals surface area contributed by atoms with Gasteiger partial charge in [0.25, 0.3) is 5.91 Å². The number of piperazine rings is 1. The summed E-state index contributed by atoms with van der Waals surface area (Å²) in [5.41, 5.74) is 1.52. The zero-order chi connectivity index (χ0) is 20.7. The van der Waals surface area contributed by atoms with Gasteiger partial charge in [0, 0.05) is 18.7 Å². The number of benzene rings is 1. The predicted molar refractivity (Wildman–Crippen MR) is 110 cm³/mol. The first-order valence-electron chi connectivity index (χ1n) is 9.40. The van der Waals surface area contributed by atoms with Crippen molar-refractivity contribution in [3.63, 3.8) is 0 Å². The third-order valence-corrected chi connectivity index (χ3v) is 4.78. The quantitative estimate of drug-likeness (QED) is 0.554. The molecular formula is C20H27N3O4S. The van der Waals surface area contributed by atoms with Crippen LogP contribution < -0.4 is 10.6 Å². The normalized spacial score (nSPS) is 16.5. The predicted octanol–water partition coefficient (Wildman–Crippen LogP) is 1.79. The minimum Gasteiger partial charge on any atom is -0.466 e. The average molecular weight is 406 g/mol. The molecule has 1 fully saturated rings. The van der Waals surface area contributed by atoms with E-state index in [0.717, 1.165) is 12.0 Å². The van der Waals surface area contributed by atoms with Crippen LogP contribution >= 0.6 is 12.2 Å². The van der Waals surface area contributed by atoms with E-state index < -0.39 is 12.0 Å². The molecule has 0 aromatic heterocycles. The van der Waals surface area contributed by atoms with E-state index in [1.165, 1.54) is 0 Å². The van der Waals surface area contributed by atoms with Crippen molar-refractivity contribution in [1.82, 2.24) is 15.5 Å². The van der Waals surface area contributed by atoms with Crippen molar-refractivity contribution in [3.8, 4) is 0 Å². The van der Waals surface area contributed by atoms with Crippen molar-refractivity contribution >= 4 is 35.1 Å². The largest absolute Gasteiger partial charge is 0.466 e. The second-order valence-electron chi connectivity index (χ2n) is 7.23. The Morgan fingerprint density at radius 3 is 2.64 bits per heavy atom. The molecule has 1 heterocycles. The Kier molecular flexibility index (Phi) is 7.92. The van der Waals surface area contributed by atoms with Crippen LogP contribution in [0.1, 0.15) is 42.6 Å². The fraction of sp³-hybridized carbons (Fsp3) is 0.500. The molecule has 2 rings (SSSR count). The van der Waals surface area contributed by atoms with Gasteiger partial charge >= 0.3 is 5.97 Å². The average Bonchev–Trinajstić information content (AvgIpc) is 2.63. The molecule has 1 unspecified atom stereocenters. The smallest absolute Gasteiger partial charge is 0.308 e. The Labute approximate surface area is 170 Å². The standard InChI is InChI=1S/C20H27N3O4S/c1-13(2)8-11-27-17(24)12-16-19(26)21-9-10-23(16)20(28)22-18(25)15-6-4-14(3)5-7-15/h4-7,13,16H,8-12H2,1-3H3,(H,21,26)(H,22,25,28). The maximum Gasteiger partial charge on any atom is 0.308 e. The van der Waals surface area contributed by atoms with Crippen LogP contribution in [-0.2, 0) is 14.3 Å². The van der Waals surface area contributed by atoms with Crippen LogP contribution in [0.3, 0.4) is 0 Å². The van der Waals surface area contributed by atoms with Gasteiger partial charge in [-0.15, -0.1) is 0 Å². The third-order valence-electron chi connectivity index (χ3n) is 4.44. The van der Waals surface area contributed by atoms with E-state index in [2.05, 4.69) is 10.6 Å². The number of aryl methyl sites for hydroxylation is 1. The number of carbonyl (C=O) groups excluding carboxylic acids is 3. The molecule has 0 saturated carbocycles. The first kappa shape index (κ1) is 21.8. The zero-order valence-corrected chi connectivity index (χ0v) is 17.3. The van der Waals surface area contributed by atoms with Crippen molar-refractivity contribution in [2.75, 3.05) is 19.7 Å². The molecule has 7 nitrogen and oxygen atoms in total. The van der Waals surface area contributed by atoms with Gasteiger partial charge in [-0.25, -0.2) is 0 Å². The van der Waals surface area contributed by atoms with Gasteiger partial charge in [0.2, 0.25) is 5.91 Å². The van der Waals surface area contributed by atoms with Gasteiger partial charge in [-0.3, -0.25) is 19.7 Å². The molecule has 0 bridgehead atoms. The van der Waals surface area contributed by atoms with Gasteiger partial charge in [0.1, 0.15) is 6.04 Å². The van der Waals surface area contributed by atoms with E-state index in [9.17, 15) is 14.4 Å². The first-order valence-corrected chi connectivity index (χ1v) is 9.80. The molecule has 28 heavy (non-hydrogen) atoms. The zero-order valence-electron chi connectivity index (χ0n) is 16.5. The number of rotatable bonds is 6. The van der Waals surface area contributed by atoms with Crippen molar-refractivity contribution in [3.05, 3.63) is 35.4 Å². The lowest BCUT2D eigenvalue weighted by Crippen LogP contribution is -2.60.